The molecule has 0 radical (unpaired) electrons. The number of esters is 1. The number of benzene rings is 1. The van der Waals surface area contributed by atoms with Crippen LogP contribution in [-0.2, 0) is 25.7 Å². The van der Waals surface area contributed by atoms with E-state index >= 15 is 0 Å². The second kappa shape index (κ2) is 9.02. The second-order valence-corrected chi connectivity index (χ2v) is 8.57. The van der Waals surface area contributed by atoms with E-state index < -0.39 is 17.0 Å². The summed E-state index contributed by atoms with van der Waals surface area (Å²) in [7, 11) is 0. The summed E-state index contributed by atoms with van der Waals surface area (Å²) in [5.74, 6) is -0.951. The molecule has 0 unspecified atom stereocenters. The van der Waals surface area contributed by atoms with Crippen LogP contribution in [0, 0.1) is 0 Å². The summed E-state index contributed by atoms with van der Waals surface area (Å²) in [6.45, 7) is 12.5. The molecule has 0 bridgehead atoms. The maximum atomic E-state index is 12.9. The van der Waals surface area contributed by atoms with Gasteiger partial charge in [-0.05, 0) is 47.1 Å². The van der Waals surface area contributed by atoms with Crippen molar-refractivity contribution in [2.45, 2.75) is 66.2 Å². The predicted molar refractivity (Wildman–Crippen MR) is 105 cm³/mol. The minimum Gasteiger partial charge on any atom is -0.459 e. The van der Waals surface area contributed by atoms with Gasteiger partial charge in [0, 0.05) is 18.0 Å². The predicted octanol–water partition coefficient (Wildman–Crippen LogP) is 3.00. The Labute approximate surface area is 162 Å². The van der Waals surface area contributed by atoms with Crippen molar-refractivity contribution < 1.29 is 19.1 Å². The zero-order valence-electron chi connectivity index (χ0n) is 17.5. The minimum absolute atomic E-state index is 0.0813. The quantitative estimate of drug-likeness (QED) is 0.716. The largest absolute Gasteiger partial charge is 0.459 e. The van der Waals surface area contributed by atoms with Crippen LogP contribution in [0.2, 0.25) is 0 Å². The standard InChI is InChI=1S/C21H32N2O4/c1-16(24)22(20(2,3)4)13-18(25)23(21(5,6)7)14-19(26)27-15-17-11-9-8-10-12-17/h8-12H,13-15H2,1-7H3. The van der Waals surface area contributed by atoms with Gasteiger partial charge >= 0.3 is 5.97 Å². The van der Waals surface area contributed by atoms with E-state index in [0.29, 0.717) is 0 Å². The van der Waals surface area contributed by atoms with Gasteiger partial charge in [0.25, 0.3) is 0 Å². The highest BCUT2D eigenvalue weighted by molar-refractivity contribution is 5.87. The molecular weight excluding hydrogens is 344 g/mol. The summed E-state index contributed by atoms with van der Waals surface area (Å²) < 4.78 is 5.31. The molecule has 6 heteroatoms. The second-order valence-electron chi connectivity index (χ2n) is 8.57. The molecule has 0 N–H and O–H groups in total. The SMILES string of the molecule is CC(=O)N(CC(=O)N(CC(=O)OCc1ccccc1)C(C)(C)C)C(C)(C)C. The van der Waals surface area contributed by atoms with E-state index in [2.05, 4.69) is 0 Å². The average molecular weight is 376 g/mol. The van der Waals surface area contributed by atoms with Gasteiger partial charge in [-0.1, -0.05) is 30.3 Å². The third kappa shape index (κ3) is 7.41. The number of amides is 2. The van der Waals surface area contributed by atoms with Crippen molar-refractivity contribution in [3.8, 4) is 0 Å². The Bertz CT molecular complexity index is 657. The van der Waals surface area contributed by atoms with Crippen LogP contribution in [0.1, 0.15) is 54.0 Å². The van der Waals surface area contributed by atoms with Crippen LogP contribution in [0.5, 0.6) is 0 Å². The molecule has 2 amide bonds. The Hall–Kier alpha value is -2.37. The van der Waals surface area contributed by atoms with Crippen LogP contribution >= 0.6 is 0 Å². The normalized spacial score (nSPS) is 11.7. The maximum Gasteiger partial charge on any atom is 0.325 e. The minimum atomic E-state index is -0.580. The van der Waals surface area contributed by atoms with Crippen LogP contribution in [0.4, 0.5) is 0 Å². The van der Waals surface area contributed by atoms with Gasteiger partial charge in [0.15, 0.2) is 0 Å². The summed E-state index contributed by atoms with van der Waals surface area (Å²) in [6.07, 6.45) is 0. The third-order valence-electron chi connectivity index (χ3n) is 4.12. The van der Waals surface area contributed by atoms with Gasteiger partial charge in [-0.3, -0.25) is 14.4 Å². The number of carbonyl (C=O) groups is 3. The van der Waals surface area contributed by atoms with Gasteiger partial charge in [-0.2, -0.15) is 0 Å². The monoisotopic (exact) mass is 376 g/mol. The van der Waals surface area contributed by atoms with E-state index in [9.17, 15) is 14.4 Å². The topological polar surface area (TPSA) is 66.9 Å². The summed E-state index contributed by atoms with van der Waals surface area (Å²) >= 11 is 0. The molecule has 1 aromatic carbocycles. The molecular formula is C21H32N2O4. The van der Waals surface area contributed by atoms with Crippen LogP contribution in [0.25, 0.3) is 0 Å². The van der Waals surface area contributed by atoms with Gasteiger partial charge in [0.2, 0.25) is 11.8 Å². The van der Waals surface area contributed by atoms with Crippen LogP contribution < -0.4 is 0 Å². The first kappa shape index (κ1) is 22.7. The number of nitrogens with zero attached hydrogens (tertiary/aromatic N) is 2. The molecule has 150 valence electrons. The lowest BCUT2D eigenvalue weighted by atomic mass is 10.0. The number of hydrogen-bond acceptors (Lipinski definition) is 4. The smallest absolute Gasteiger partial charge is 0.325 e. The zero-order valence-corrected chi connectivity index (χ0v) is 17.5. The molecule has 0 aliphatic heterocycles. The van der Waals surface area contributed by atoms with Crippen molar-refractivity contribution in [1.29, 1.82) is 0 Å². The van der Waals surface area contributed by atoms with E-state index in [1.807, 2.05) is 71.9 Å². The molecule has 0 fully saturated rings. The van der Waals surface area contributed by atoms with Gasteiger partial charge < -0.3 is 14.5 Å². The van der Waals surface area contributed by atoms with E-state index in [-0.39, 0.29) is 31.5 Å². The molecule has 0 heterocycles. The first-order valence-corrected chi connectivity index (χ1v) is 9.10. The Morgan fingerprint density at radius 1 is 0.852 bits per heavy atom. The average Bonchev–Trinajstić information content (AvgIpc) is 2.54. The Morgan fingerprint density at radius 3 is 1.81 bits per heavy atom. The molecule has 1 aromatic rings. The van der Waals surface area contributed by atoms with Gasteiger partial charge in [-0.15, -0.1) is 0 Å². The van der Waals surface area contributed by atoms with E-state index in [1.165, 1.54) is 16.7 Å². The van der Waals surface area contributed by atoms with Gasteiger partial charge in [0.05, 0.1) is 0 Å². The van der Waals surface area contributed by atoms with Crippen molar-refractivity contribution in [3.63, 3.8) is 0 Å². The van der Waals surface area contributed by atoms with Gasteiger partial charge in [-0.25, -0.2) is 0 Å². The summed E-state index contributed by atoms with van der Waals surface area (Å²) in [6, 6.07) is 9.37. The number of carbonyl (C=O) groups excluding carboxylic acids is 3. The highest BCUT2D eigenvalue weighted by Crippen LogP contribution is 2.18. The van der Waals surface area contributed by atoms with Crippen molar-refractivity contribution in [3.05, 3.63) is 35.9 Å². The van der Waals surface area contributed by atoms with E-state index in [1.54, 1.807) is 0 Å². The van der Waals surface area contributed by atoms with Crippen molar-refractivity contribution in [2.75, 3.05) is 13.1 Å². The maximum absolute atomic E-state index is 12.9. The van der Waals surface area contributed by atoms with E-state index in [0.717, 1.165) is 5.56 Å². The fourth-order valence-electron chi connectivity index (χ4n) is 2.65. The number of ether oxygens (including phenoxy) is 1. The van der Waals surface area contributed by atoms with Crippen LogP contribution in [0.15, 0.2) is 30.3 Å². The molecule has 0 aromatic heterocycles. The summed E-state index contributed by atoms with van der Waals surface area (Å²) in [4.78, 5) is 40.1. The lowest BCUT2D eigenvalue weighted by Gasteiger charge is -2.39. The molecule has 0 atom stereocenters. The molecule has 27 heavy (non-hydrogen) atoms. The molecule has 0 aliphatic carbocycles. The van der Waals surface area contributed by atoms with E-state index in [4.69, 9.17) is 4.74 Å². The summed E-state index contributed by atoms with van der Waals surface area (Å²) in [5, 5.41) is 0. The summed E-state index contributed by atoms with van der Waals surface area (Å²) in [5.41, 5.74) is -0.183. The fourth-order valence-corrected chi connectivity index (χ4v) is 2.65. The fraction of sp³-hybridized carbons (Fsp3) is 0.571. The van der Waals surface area contributed by atoms with Crippen molar-refractivity contribution in [2.24, 2.45) is 0 Å². The Balaban J connectivity index is 2.81. The highest BCUT2D eigenvalue weighted by Gasteiger charge is 2.33. The molecule has 0 saturated carbocycles. The molecule has 6 nitrogen and oxygen atoms in total. The molecule has 0 spiro atoms. The third-order valence-corrected chi connectivity index (χ3v) is 4.12. The number of hydrogen-bond donors (Lipinski definition) is 0. The number of rotatable bonds is 6. The van der Waals surface area contributed by atoms with Crippen molar-refractivity contribution in [1.82, 2.24) is 9.80 Å². The lowest BCUT2D eigenvalue weighted by molar-refractivity contribution is -0.155. The van der Waals surface area contributed by atoms with Gasteiger partial charge in [0.1, 0.15) is 19.7 Å². The zero-order chi connectivity index (χ0) is 20.8. The van der Waals surface area contributed by atoms with Crippen LogP contribution in [-0.4, -0.2) is 51.8 Å². The lowest BCUT2D eigenvalue weighted by Crippen LogP contribution is -2.55. The first-order valence-electron chi connectivity index (χ1n) is 9.10. The van der Waals surface area contributed by atoms with Crippen LogP contribution in [0.3, 0.4) is 0 Å². The Morgan fingerprint density at radius 2 is 1.37 bits per heavy atom. The molecule has 1 rings (SSSR count). The van der Waals surface area contributed by atoms with Crippen molar-refractivity contribution >= 4 is 17.8 Å². The Kier molecular flexibility index (Phi) is 7.57. The highest BCUT2D eigenvalue weighted by atomic mass is 16.5. The molecule has 0 aliphatic rings. The molecule has 0 saturated heterocycles. The first-order chi connectivity index (χ1) is 12.3.